The predicted molar refractivity (Wildman–Crippen MR) is 96.6 cm³/mol. The molecule has 0 bridgehead atoms. The first-order chi connectivity index (χ1) is 12.6. The van der Waals surface area contributed by atoms with Crippen molar-refractivity contribution >= 4 is 23.2 Å². The molecule has 6 nitrogen and oxygen atoms in total. The lowest BCUT2D eigenvalue weighted by Crippen LogP contribution is -2.23. The minimum Gasteiger partial charge on any atom is -0.491 e. The fraction of sp³-hybridized carbons (Fsp3) is 0.200. The van der Waals surface area contributed by atoms with E-state index in [-0.39, 0.29) is 6.61 Å². The summed E-state index contributed by atoms with van der Waals surface area (Å²) in [7, 11) is 1.32. The van der Waals surface area contributed by atoms with Crippen molar-refractivity contribution in [3.05, 3.63) is 65.9 Å². The van der Waals surface area contributed by atoms with E-state index in [1.54, 1.807) is 30.5 Å². The Labute approximate surface area is 150 Å². The molecular formula is C20H19NO5. The number of hydrogen-bond acceptors (Lipinski definition) is 5. The number of aldehydes is 1. The highest BCUT2D eigenvalue weighted by atomic mass is 16.5. The van der Waals surface area contributed by atoms with Gasteiger partial charge in [-0.25, -0.2) is 4.79 Å². The number of nitrogens with zero attached hydrogens (tertiary/aromatic N) is 1. The lowest BCUT2D eigenvalue weighted by Gasteiger charge is -2.14. The molecule has 26 heavy (non-hydrogen) atoms. The number of methoxy groups -OCH3 is 1. The third kappa shape index (κ3) is 3.75. The number of para-hydroxylation sites is 1. The summed E-state index contributed by atoms with van der Waals surface area (Å²) in [6.07, 6.45) is 1.78. The van der Waals surface area contributed by atoms with Crippen molar-refractivity contribution in [3.8, 4) is 5.75 Å². The van der Waals surface area contributed by atoms with Crippen molar-refractivity contribution in [2.75, 3.05) is 13.7 Å². The molecule has 2 aromatic carbocycles. The smallest absolute Gasteiger partial charge is 0.337 e. The van der Waals surface area contributed by atoms with E-state index in [4.69, 9.17) is 4.74 Å². The van der Waals surface area contributed by atoms with E-state index in [0.717, 1.165) is 17.2 Å². The molecule has 0 fully saturated rings. The van der Waals surface area contributed by atoms with Crippen LogP contribution in [0.1, 0.15) is 20.7 Å². The van der Waals surface area contributed by atoms with Gasteiger partial charge in [0.05, 0.1) is 19.2 Å². The maximum atomic E-state index is 11.4. The number of rotatable bonds is 7. The number of aromatic nitrogens is 1. The van der Waals surface area contributed by atoms with Crippen LogP contribution in [0.5, 0.6) is 5.75 Å². The molecule has 3 rings (SSSR count). The molecule has 0 spiro atoms. The number of aliphatic hydroxyl groups is 1. The number of aliphatic hydroxyl groups excluding tert-OH is 1. The molecule has 0 saturated carbocycles. The molecule has 6 heteroatoms. The van der Waals surface area contributed by atoms with Gasteiger partial charge in [-0.15, -0.1) is 0 Å². The first kappa shape index (κ1) is 17.7. The Bertz CT molecular complexity index is 914. The highest BCUT2D eigenvalue weighted by molar-refractivity contribution is 5.97. The van der Waals surface area contributed by atoms with E-state index < -0.39 is 12.1 Å². The van der Waals surface area contributed by atoms with Crippen LogP contribution in [0.25, 0.3) is 10.9 Å². The van der Waals surface area contributed by atoms with E-state index in [1.807, 2.05) is 28.8 Å². The number of carbonyl (C=O) groups is 2. The van der Waals surface area contributed by atoms with Gasteiger partial charge in [0, 0.05) is 22.7 Å². The molecule has 0 aliphatic heterocycles. The molecule has 1 heterocycles. The summed E-state index contributed by atoms with van der Waals surface area (Å²) in [5, 5.41) is 11.1. The van der Waals surface area contributed by atoms with Crippen molar-refractivity contribution in [1.82, 2.24) is 4.57 Å². The molecule has 0 saturated heterocycles. The number of ether oxygens (including phenoxy) is 2. The van der Waals surface area contributed by atoms with Crippen LogP contribution in [0, 0.1) is 0 Å². The van der Waals surface area contributed by atoms with E-state index >= 15 is 0 Å². The van der Waals surface area contributed by atoms with Crippen LogP contribution < -0.4 is 4.74 Å². The van der Waals surface area contributed by atoms with Gasteiger partial charge < -0.3 is 19.1 Å². The molecule has 0 amide bonds. The van der Waals surface area contributed by atoms with Crippen molar-refractivity contribution in [1.29, 1.82) is 0 Å². The third-order valence-electron chi connectivity index (χ3n) is 4.07. The fourth-order valence-electron chi connectivity index (χ4n) is 2.80. The maximum absolute atomic E-state index is 11.4. The summed E-state index contributed by atoms with van der Waals surface area (Å²) in [6.45, 7) is 0.384. The summed E-state index contributed by atoms with van der Waals surface area (Å²) in [4.78, 5) is 22.6. The van der Waals surface area contributed by atoms with Gasteiger partial charge in [0.2, 0.25) is 0 Å². The van der Waals surface area contributed by atoms with Crippen LogP contribution >= 0.6 is 0 Å². The Morgan fingerprint density at radius 2 is 1.92 bits per heavy atom. The van der Waals surface area contributed by atoms with Crippen LogP contribution in [0.3, 0.4) is 0 Å². The number of benzene rings is 2. The lowest BCUT2D eigenvalue weighted by molar-refractivity contribution is 0.0600. The first-order valence-electron chi connectivity index (χ1n) is 8.14. The minimum absolute atomic E-state index is 0.0838. The van der Waals surface area contributed by atoms with Crippen molar-refractivity contribution in [3.63, 3.8) is 0 Å². The second kappa shape index (κ2) is 7.84. The van der Waals surface area contributed by atoms with Crippen LogP contribution in [0.4, 0.5) is 0 Å². The summed E-state index contributed by atoms with van der Waals surface area (Å²) in [6, 6.07) is 14.0. The second-order valence-corrected chi connectivity index (χ2v) is 5.85. The van der Waals surface area contributed by atoms with Gasteiger partial charge in [-0.3, -0.25) is 4.79 Å². The molecule has 0 unspecified atom stereocenters. The Kier molecular flexibility index (Phi) is 5.34. The normalized spacial score (nSPS) is 11.9. The van der Waals surface area contributed by atoms with Crippen LogP contribution in [0.2, 0.25) is 0 Å². The van der Waals surface area contributed by atoms with Gasteiger partial charge in [0.25, 0.3) is 0 Å². The molecule has 134 valence electrons. The molecule has 0 radical (unpaired) electrons. The van der Waals surface area contributed by atoms with Gasteiger partial charge in [0.15, 0.2) is 6.29 Å². The standard InChI is InChI=1S/C20H19NO5/c1-25-20(24)14-6-8-17(9-7-14)26-13-16(23)11-21-10-15(12-22)18-4-2-3-5-19(18)21/h2-10,12,16,23H,11,13H2,1H3/t16-/m1/s1. The maximum Gasteiger partial charge on any atom is 0.337 e. The molecular weight excluding hydrogens is 334 g/mol. The van der Waals surface area contributed by atoms with E-state index in [1.165, 1.54) is 7.11 Å². The highest BCUT2D eigenvalue weighted by Gasteiger charge is 2.12. The van der Waals surface area contributed by atoms with Gasteiger partial charge in [-0.1, -0.05) is 18.2 Å². The quantitative estimate of drug-likeness (QED) is 0.522. The van der Waals surface area contributed by atoms with E-state index in [9.17, 15) is 14.7 Å². The fourth-order valence-corrected chi connectivity index (χ4v) is 2.80. The van der Waals surface area contributed by atoms with Crippen molar-refractivity contribution < 1.29 is 24.2 Å². The monoisotopic (exact) mass is 353 g/mol. The summed E-state index contributed by atoms with van der Waals surface area (Å²) < 4.78 is 12.0. The number of esters is 1. The van der Waals surface area contributed by atoms with Crippen molar-refractivity contribution in [2.24, 2.45) is 0 Å². The van der Waals surface area contributed by atoms with Gasteiger partial charge >= 0.3 is 5.97 Å². The lowest BCUT2D eigenvalue weighted by atomic mass is 10.2. The molecule has 1 atom stereocenters. The summed E-state index contributed by atoms with van der Waals surface area (Å²) >= 11 is 0. The van der Waals surface area contributed by atoms with E-state index in [0.29, 0.717) is 23.4 Å². The number of carbonyl (C=O) groups excluding carboxylic acids is 2. The summed E-state index contributed by atoms with van der Waals surface area (Å²) in [5.41, 5.74) is 1.91. The van der Waals surface area contributed by atoms with Gasteiger partial charge in [0.1, 0.15) is 18.5 Å². The van der Waals surface area contributed by atoms with Gasteiger partial charge in [-0.2, -0.15) is 0 Å². The highest BCUT2D eigenvalue weighted by Crippen LogP contribution is 2.20. The average molecular weight is 353 g/mol. The second-order valence-electron chi connectivity index (χ2n) is 5.85. The summed E-state index contributed by atoms with van der Waals surface area (Å²) in [5.74, 6) is 0.129. The largest absolute Gasteiger partial charge is 0.491 e. The SMILES string of the molecule is COC(=O)c1ccc(OC[C@H](O)Cn2cc(C=O)c3ccccc32)cc1. The van der Waals surface area contributed by atoms with Crippen molar-refractivity contribution in [2.45, 2.75) is 12.6 Å². The Balaban J connectivity index is 1.63. The predicted octanol–water partition coefficient (Wildman–Crippen LogP) is 2.68. The van der Waals surface area contributed by atoms with Crippen LogP contribution in [0.15, 0.2) is 54.7 Å². The average Bonchev–Trinajstić information content (AvgIpc) is 3.04. The number of fused-ring (bicyclic) bond motifs is 1. The van der Waals surface area contributed by atoms with Gasteiger partial charge in [-0.05, 0) is 30.3 Å². The zero-order valence-corrected chi connectivity index (χ0v) is 14.3. The number of hydrogen-bond donors (Lipinski definition) is 1. The minimum atomic E-state index is -0.759. The third-order valence-corrected chi connectivity index (χ3v) is 4.07. The molecule has 1 aromatic heterocycles. The topological polar surface area (TPSA) is 77.8 Å². The van der Waals surface area contributed by atoms with Crippen LogP contribution in [-0.4, -0.2) is 41.7 Å². The van der Waals surface area contributed by atoms with E-state index in [2.05, 4.69) is 4.74 Å². The Morgan fingerprint density at radius 1 is 1.19 bits per heavy atom. The molecule has 3 aromatic rings. The zero-order chi connectivity index (χ0) is 18.5. The Hall–Kier alpha value is -3.12. The molecule has 0 aliphatic carbocycles. The molecule has 0 aliphatic rings. The molecule has 1 N–H and O–H groups in total. The Morgan fingerprint density at radius 3 is 2.62 bits per heavy atom. The van der Waals surface area contributed by atoms with Crippen LogP contribution in [-0.2, 0) is 11.3 Å². The zero-order valence-electron chi connectivity index (χ0n) is 14.3. The first-order valence-corrected chi connectivity index (χ1v) is 8.14.